The zero-order valence-electron chi connectivity index (χ0n) is 19.7. The molecule has 8 nitrogen and oxygen atoms in total. The summed E-state index contributed by atoms with van der Waals surface area (Å²) in [6, 6.07) is 18.6. The van der Waals surface area contributed by atoms with Crippen LogP contribution in [0.15, 0.2) is 71.9 Å². The number of amides is 1. The highest BCUT2D eigenvalue weighted by molar-refractivity contribution is 8.00. The second kappa shape index (κ2) is 10.2. The van der Waals surface area contributed by atoms with Gasteiger partial charge in [-0.25, -0.2) is 4.79 Å². The second-order valence-corrected chi connectivity index (χ2v) is 9.42. The molecule has 1 fully saturated rings. The number of fused-ring (bicyclic) bond motifs is 1. The summed E-state index contributed by atoms with van der Waals surface area (Å²) >= 11 is 1.33. The number of aliphatic hydroxyl groups is 1. The highest BCUT2D eigenvalue weighted by Gasteiger charge is 2.68. The van der Waals surface area contributed by atoms with Gasteiger partial charge in [-0.3, -0.25) is 14.5 Å². The Morgan fingerprint density at radius 3 is 2.17 bits per heavy atom. The zero-order chi connectivity index (χ0) is 25.2. The molecule has 0 spiro atoms. The van der Waals surface area contributed by atoms with Crippen LogP contribution in [0.3, 0.4) is 0 Å². The smallest absolute Gasteiger partial charge is 0.356 e. The first-order valence-corrected chi connectivity index (χ1v) is 12.2. The van der Waals surface area contributed by atoms with E-state index in [0.717, 1.165) is 11.1 Å². The van der Waals surface area contributed by atoms with Gasteiger partial charge in [0.15, 0.2) is 6.10 Å². The number of carbonyl (C=O) groups is 3. The molecule has 0 aliphatic carbocycles. The van der Waals surface area contributed by atoms with E-state index < -0.39 is 41.0 Å². The summed E-state index contributed by atoms with van der Waals surface area (Å²) in [4.78, 5) is 39.7. The maximum absolute atomic E-state index is 13.7. The number of ether oxygens (including phenoxy) is 3. The van der Waals surface area contributed by atoms with Gasteiger partial charge in [0.2, 0.25) is 5.60 Å². The van der Waals surface area contributed by atoms with Crippen LogP contribution in [0, 0.1) is 0 Å². The molecule has 2 aromatic rings. The third-order valence-electron chi connectivity index (χ3n) is 6.18. The van der Waals surface area contributed by atoms with E-state index in [2.05, 4.69) is 0 Å². The van der Waals surface area contributed by atoms with Gasteiger partial charge in [-0.2, -0.15) is 0 Å². The Kier molecular flexibility index (Phi) is 7.30. The minimum absolute atomic E-state index is 0.0187. The summed E-state index contributed by atoms with van der Waals surface area (Å²) in [5.74, 6) is -1.48. The average Bonchev–Trinajstić information content (AvgIpc) is 2.86. The van der Waals surface area contributed by atoms with E-state index in [9.17, 15) is 19.5 Å². The molecular formula is C26H27NO7S. The number of β-lactam (4-membered cyclic amide) rings is 1. The van der Waals surface area contributed by atoms with Gasteiger partial charge in [-0.05, 0) is 18.1 Å². The number of aliphatic hydroxyl groups excluding tert-OH is 1. The summed E-state index contributed by atoms with van der Waals surface area (Å²) in [5.41, 5.74) is 0.531. The van der Waals surface area contributed by atoms with Crippen molar-refractivity contribution in [2.75, 3.05) is 19.5 Å². The number of benzene rings is 2. The normalized spacial score (nSPS) is 22.4. The number of hydrogen-bond acceptors (Lipinski definition) is 8. The van der Waals surface area contributed by atoms with E-state index in [0.29, 0.717) is 11.3 Å². The van der Waals surface area contributed by atoms with E-state index in [1.165, 1.54) is 37.6 Å². The minimum Gasteiger partial charge on any atom is -0.461 e. The molecule has 1 amide bonds. The molecule has 1 unspecified atom stereocenters. The standard InChI is InChI=1S/C26H27NO7S/c1-16(28)26(32-3)24(31)27-21(20(14-33-17(2)29)15-35-25(26)27)23(30)34-22(18-10-6-4-7-11-18)19-12-8-5-9-13-19/h4-13,16,22,25,28H,14-15H2,1-3H3/t16?,25-,26-/m1/s1. The number of esters is 2. The van der Waals surface area contributed by atoms with Crippen molar-refractivity contribution in [3.63, 3.8) is 0 Å². The van der Waals surface area contributed by atoms with Crippen LogP contribution in [0.4, 0.5) is 0 Å². The van der Waals surface area contributed by atoms with Crippen LogP contribution >= 0.6 is 11.8 Å². The van der Waals surface area contributed by atoms with Crippen molar-refractivity contribution in [2.24, 2.45) is 0 Å². The molecule has 0 aromatic heterocycles. The minimum atomic E-state index is -1.47. The predicted octanol–water partition coefficient (Wildman–Crippen LogP) is 2.82. The number of rotatable bonds is 8. The van der Waals surface area contributed by atoms with Crippen molar-refractivity contribution >= 4 is 29.6 Å². The third kappa shape index (κ3) is 4.47. The summed E-state index contributed by atoms with van der Waals surface area (Å²) in [6.45, 7) is 2.60. The number of thioether (sulfide) groups is 1. The first-order valence-electron chi connectivity index (χ1n) is 11.2. The Morgan fingerprint density at radius 2 is 1.69 bits per heavy atom. The lowest BCUT2D eigenvalue weighted by molar-refractivity contribution is -0.203. The highest BCUT2D eigenvalue weighted by atomic mass is 32.2. The fourth-order valence-corrected chi connectivity index (χ4v) is 5.96. The monoisotopic (exact) mass is 497 g/mol. The zero-order valence-corrected chi connectivity index (χ0v) is 20.5. The van der Waals surface area contributed by atoms with Gasteiger partial charge >= 0.3 is 11.9 Å². The molecule has 3 atom stereocenters. The van der Waals surface area contributed by atoms with E-state index in [1.807, 2.05) is 60.7 Å². The summed E-state index contributed by atoms with van der Waals surface area (Å²) in [5, 5.41) is 9.73. The average molecular weight is 498 g/mol. The quantitative estimate of drug-likeness (QED) is 0.439. The van der Waals surface area contributed by atoms with Gasteiger partial charge in [0.05, 0.1) is 6.10 Å². The van der Waals surface area contributed by atoms with Gasteiger partial charge in [0.1, 0.15) is 17.7 Å². The molecule has 0 bridgehead atoms. The van der Waals surface area contributed by atoms with Crippen molar-refractivity contribution < 1.29 is 33.7 Å². The van der Waals surface area contributed by atoms with Crippen molar-refractivity contribution in [3.05, 3.63) is 83.1 Å². The SMILES string of the molecule is CO[C@]1(C(C)O)C(=O)N2C(C(=O)OC(c3ccccc3)c3ccccc3)=C(COC(C)=O)CS[C@@H]21. The molecule has 2 aliphatic rings. The first-order chi connectivity index (χ1) is 16.8. The van der Waals surface area contributed by atoms with Crippen LogP contribution in [0.25, 0.3) is 0 Å². The van der Waals surface area contributed by atoms with E-state index in [-0.39, 0.29) is 12.3 Å². The first kappa shape index (κ1) is 25.0. The predicted molar refractivity (Wildman–Crippen MR) is 129 cm³/mol. The fourth-order valence-electron chi connectivity index (χ4n) is 4.39. The van der Waals surface area contributed by atoms with Crippen LogP contribution in [0.2, 0.25) is 0 Å². The molecule has 184 valence electrons. The molecule has 1 saturated heterocycles. The molecule has 0 radical (unpaired) electrons. The van der Waals surface area contributed by atoms with Crippen molar-refractivity contribution in [1.29, 1.82) is 0 Å². The third-order valence-corrected chi connectivity index (χ3v) is 7.57. The number of methoxy groups -OCH3 is 1. The van der Waals surface area contributed by atoms with Gasteiger partial charge in [0.25, 0.3) is 5.91 Å². The summed E-state index contributed by atoms with van der Waals surface area (Å²) in [6.07, 6.45) is -1.82. The lowest BCUT2D eigenvalue weighted by Crippen LogP contribution is -2.78. The Morgan fingerprint density at radius 1 is 1.11 bits per heavy atom. The summed E-state index contributed by atoms with van der Waals surface area (Å²) < 4.78 is 16.7. The molecule has 2 aromatic carbocycles. The maximum atomic E-state index is 13.7. The van der Waals surface area contributed by atoms with Crippen molar-refractivity contribution in [2.45, 2.75) is 37.0 Å². The lowest BCUT2D eigenvalue weighted by Gasteiger charge is -2.57. The van der Waals surface area contributed by atoms with Gasteiger partial charge in [-0.15, -0.1) is 11.8 Å². The van der Waals surface area contributed by atoms with Crippen LogP contribution in [-0.2, 0) is 28.6 Å². The lowest BCUT2D eigenvalue weighted by atomic mass is 9.85. The Balaban J connectivity index is 1.72. The molecule has 9 heteroatoms. The van der Waals surface area contributed by atoms with Crippen LogP contribution in [-0.4, -0.2) is 64.4 Å². The maximum Gasteiger partial charge on any atom is 0.356 e. The molecule has 2 aliphatic heterocycles. The molecule has 35 heavy (non-hydrogen) atoms. The largest absolute Gasteiger partial charge is 0.461 e. The number of carbonyl (C=O) groups excluding carboxylic acids is 3. The van der Waals surface area contributed by atoms with E-state index in [1.54, 1.807) is 0 Å². The molecular weight excluding hydrogens is 470 g/mol. The van der Waals surface area contributed by atoms with Crippen LogP contribution in [0.1, 0.15) is 31.1 Å². The Bertz CT molecular complexity index is 1100. The van der Waals surface area contributed by atoms with Gasteiger partial charge < -0.3 is 19.3 Å². The van der Waals surface area contributed by atoms with Gasteiger partial charge in [-0.1, -0.05) is 60.7 Å². The van der Waals surface area contributed by atoms with Crippen molar-refractivity contribution in [3.8, 4) is 0 Å². The second-order valence-electron chi connectivity index (χ2n) is 8.35. The van der Waals surface area contributed by atoms with E-state index >= 15 is 0 Å². The van der Waals surface area contributed by atoms with Gasteiger partial charge in [0, 0.05) is 25.4 Å². The Labute approximate surface area is 207 Å². The molecule has 2 heterocycles. The Hall–Kier alpha value is -3.14. The number of hydrogen-bond donors (Lipinski definition) is 1. The fraction of sp³-hybridized carbons (Fsp3) is 0.346. The van der Waals surface area contributed by atoms with E-state index in [4.69, 9.17) is 14.2 Å². The molecule has 0 saturated carbocycles. The number of nitrogens with zero attached hydrogens (tertiary/aromatic N) is 1. The highest BCUT2D eigenvalue weighted by Crippen LogP contribution is 2.50. The topological polar surface area (TPSA) is 102 Å². The molecule has 1 N–H and O–H groups in total. The van der Waals surface area contributed by atoms with Crippen LogP contribution in [0.5, 0.6) is 0 Å². The summed E-state index contributed by atoms with van der Waals surface area (Å²) in [7, 11) is 1.36. The van der Waals surface area contributed by atoms with Crippen molar-refractivity contribution in [1.82, 2.24) is 4.90 Å². The van der Waals surface area contributed by atoms with Crippen LogP contribution < -0.4 is 0 Å². The molecule has 4 rings (SSSR count).